The minimum Gasteiger partial charge on any atom is -0.478 e. The monoisotopic (exact) mass is 505 g/mol. The second-order valence-corrected chi connectivity index (χ2v) is 10.3. The summed E-state index contributed by atoms with van der Waals surface area (Å²) in [6, 6.07) is 15.4. The number of carboxylic acids is 1. The summed E-state index contributed by atoms with van der Waals surface area (Å²) < 4.78 is 1.59. The first kappa shape index (κ1) is 24.4. The summed E-state index contributed by atoms with van der Waals surface area (Å²) in [5.41, 5.74) is 5.38. The van der Waals surface area contributed by atoms with Crippen molar-refractivity contribution in [3.8, 4) is 0 Å². The van der Waals surface area contributed by atoms with Gasteiger partial charge >= 0.3 is 5.97 Å². The Bertz CT molecular complexity index is 1440. The molecular formula is C26H23N3O4S2. The predicted molar refractivity (Wildman–Crippen MR) is 141 cm³/mol. The van der Waals surface area contributed by atoms with Gasteiger partial charge in [0.05, 0.1) is 27.1 Å². The predicted octanol–water partition coefficient (Wildman–Crippen LogP) is 5.90. The van der Waals surface area contributed by atoms with Crippen molar-refractivity contribution in [3.05, 3.63) is 82.4 Å². The first-order valence-electron chi connectivity index (χ1n) is 10.8. The van der Waals surface area contributed by atoms with Crippen LogP contribution in [0.1, 0.15) is 37.4 Å². The van der Waals surface area contributed by atoms with E-state index in [1.807, 2.05) is 32.9 Å². The quantitative estimate of drug-likeness (QED) is 0.270. The van der Waals surface area contributed by atoms with E-state index in [1.165, 1.54) is 35.2 Å². The number of fused-ring (bicyclic) bond motifs is 1. The molecule has 178 valence electrons. The highest BCUT2D eigenvalue weighted by Crippen LogP contribution is 2.32. The third-order valence-corrected chi connectivity index (χ3v) is 7.46. The fourth-order valence-corrected chi connectivity index (χ4v) is 5.70. The minimum atomic E-state index is -1.16. The normalized spacial score (nSPS) is 10.8. The molecule has 1 aromatic heterocycles. The second-order valence-electron chi connectivity index (χ2n) is 8.08. The number of hydrogen-bond acceptors (Lipinski definition) is 6. The van der Waals surface area contributed by atoms with Crippen LogP contribution in [0.3, 0.4) is 0 Å². The van der Waals surface area contributed by atoms with E-state index in [-0.39, 0.29) is 22.8 Å². The molecule has 0 aliphatic rings. The molecule has 0 saturated carbocycles. The highest BCUT2D eigenvalue weighted by Gasteiger charge is 2.16. The van der Waals surface area contributed by atoms with Crippen LogP contribution in [0.2, 0.25) is 0 Å². The summed E-state index contributed by atoms with van der Waals surface area (Å²) >= 11 is 2.78. The number of thioether (sulfide) groups is 1. The number of aryl methyl sites for hydroxylation is 3. The molecule has 3 aromatic carbocycles. The number of aromatic nitrogens is 1. The number of hydrogen-bond donors (Lipinski definition) is 3. The van der Waals surface area contributed by atoms with E-state index in [0.29, 0.717) is 5.69 Å². The van der Waals surface area contributed by atoms with Crippen LogP contribution in [0.4, 0.5) is 11.4 Å². The zero-order valence-corrected chi connectivity index (χ0v) is 21.0. The van der Waals surface area contributed by atoms with Crippen molar-refractivity contribution < 1.29 is 19.5 Å². The van der Waals surface area contributed by atoms with Gasteiger partial charge in [-0.1, -0.05) is 41.6 Å². The average molecular weight is 506 g/mol. The molecular weight excluding hydrogens is 482 g/mol. The van der Waals surface area contributed by atoms with Crippen LogP contribution in [0.5, 0.6) is 0 Å². The molecule has 3 N–H and O–H groups in total. The number of benzene rings is 3. The molecule has 2 amide bonds. The Morgan fingerprint density at radius 1 is 0.943 bits per heavy atom. The van der Waals surface area contributed by atoms with Crippen molar-refractivity contribution in [2.75, 3.05) is 16.4 Å². The fourth-order valence-electron chi connectivity index (χ4n) is 3.79. The lowest BCUT2D eigenvalue weighted by molar-refractivity contribution is -0.113. The molecule has 0 aliphatic heterocycles. The molecule has 4 rings (SSSR count). The summed E-state index contributed by atoms with van der Waals surface area (Å²) in [6.45, 7) is 5.99. The smallest absolute Gasteiger partial charge is 0.336 e. The van der Waals surface area contributed by atoms with Crippen LogP contribution in [0.15, 0.2) is 58.9 Å². The second kappa shape index (κ2) is 10.3. The van der Waals surface area contributed by atoms with Crippen molar-refractivity contribution in [2.24, 2.45) is 0 Å². The van der Waals surface area contributed by atoms with Gasteiger partial charge < -0.3 is 15.7 Å². The lowest BCUT2D eigenvalue weighted by Gasteiger charge is -2.12. The molecule has 0 fully saturated rings. The van der Waals surface area contributed by atoms with Gasteiger partial charge in [-0.25, -0.2) is 9.78 Å². The SMILES string of the molecule is Cc1cc(C)c(NC(=O)CSc2nc3ccc(NC(=O)c4ccccc4C(=O)O)cc3s2)c(C)c1. The van der Waals surface area contributed by atoms with Gasteiger partial charge in [0.2, 0.25) is 5.91 Å². The Morgan fingerprint density at radius 3 is 2.31 bits per heavy atom. The van der Waals surface area contributed by atoms with Gasteiger partial charge in [0.15, 0.2) is 4.34 Å². The number of nitrogens with zero attached hydrogens (tertiary/aromatic N) is 1. The first-order chi connectivity index (χ1) is 16.7. The topological polar surface area (TPSA) is 108 Å². The van der Waals surface area contributed by atoms with Crippen molar-refractivity contribution in [1.29, 1.82) is 0 Å². The Kier molecular flexibility index (Phi) is 7.18. The standard InChI is InChI=1S/C26H23N3O4S2/c1-14-10-15(2)23(16(3)11-14)29-22(30)13-34-26-28-20-9-8-17(12-21(20)35-26)27-24(31)18-6-4-5-7-19(18)25(32)33/h4-12H,13H2,1-3H3,(H,27,31)(H,29,30)(H,32,33). The van der Waals surface area contributed by atoms with E-state index in [4.69, 9.17) is 0 Å². The summed E-state index contributed by atoms with van der Waals surface area (Å²) in [6.07, 6.45) is 0. The summed E-state index contributed by atoms with van der Waals surface area (Å²) in [5.74, 6) is -1.54. The van der Waals surface area contributed by atoms with Crippen molar-refractivity contribution in [2.45, 2.75) is 25.1 Å². The number of rotatable bonds is 7. The number of thiazole rings is 1. The number of carboxylic acid groups (broad SMARTS) is 1. The van der Waals surface area contributed by atoms with Crippen molar-refractivity contribution >= 4 is 62.5 Å². The molecule has 4 aromatic rings. The third-order valence-electron chi connectivity index (χ3n) is 5.30. The molecule has 0 spiro atoms. The van der Waals surface area contributed by atoms with Gasteiger partial charge in [-0.3, -0.25) is 9.59 Å². The summed E-state index contributed by atoms with van der Waals surface area (Å²) in [5, 5.41) is 15.1. The van der Waals surface area contributed by atoms with Gasteiger partial charge in [-0.2, -0.15) is 0 Å². The summed E-state index contributed by atoms with van der Waals surface area (Å²) in [7, 11) is 0. The molecule has 7 nitrogen and oxygen atoms in total. The third kappa shape index (κ3) is 5.70. The highest BCUT2D eigenvalue weighted by atomic mass is 32.2. The van der Waals surface area contributed by atoms with Crippen molar-refractivity contribution in [1.82, 2.24) is 4.98 Å². The Labute approximate surface area is 210 Å². The van der Waals surface area contributed by atoms with Crippen LogP contribution < -0.4 is 10.6 Å². The van der Waals surface area contributed by atoms with Crippen LogP contribution >= 0.6 is 23.1 Å². The molecule has 0 atom stereocenters. The molecule has 35 heavy (non-hydrogen) atoms. The molecule has 0 bridgehead atoms. The van der Waals surface area contributed by atoms with Gasteiger partial charge in [0, 0.05) is 11.4 Å². The molecule has 0 unspecified atom stereocenters. The molecule has 0 radical (unpaired) electrons. The number of carbonyl (C=O) groups is 3. The van der Waals surface area contributed by atoms with Gasteiger partial charge in [-0.15, -0.1) is 11.3 Å². The van der Waals surface area contributed by atoms with E-state index in [1.54, 1.807) is 30.3 Å². The molecule has 9 heteroatoms. The van der Waals surface area contributed by atoms with Gasteiger partial charge in [0.1, 0.15) is 0 Å². The number of anilines is 2. The number of carbonyl (C=O) groups excluding carboxylic acids is 2. The number of nitrogens with one attached hydrogen (secondary N) is 2. The number of amides is 2. The first-order valence-corrected chi connectivity index (χ1v) is 12.6. The van der Waals surface area contributed by atoms with Crippen LogP contribution in [0.25, 0.3) is 10.2 Å². The van der Waals surface area contributed by atoms with E-state index in [9.17, 15) is 19.5 Å². The van der Waals surface area contributed by atoms with Crippen LogP contribution in [-0.2, 0) is 4.79 Å². The average Bonchev–Trinajstić information content (AvgIpc) is 3.22. The lowest BCUT2D eigenvalue weighted by Crippen LogP contribution is -2.16. The maximum absolute atomic E-state index is 12.6. The number of aromatic carboxylic acids is 1. The van der Waals surface area contributed by atoms with E-state index < -0.39 is 11.9 Å². The molecule has 0 aliphatic carbocycles. The maximum Gasteiger partial charge on any atom is 0.336 e. The zero-order chi connectivity index (χ0) is 25.1. The van der Waals surface area contributed by atoms with E-state index >= 15 is 0 Å². The molecule has 0 saturated heterocycles. The minimum absolute atomic E-state index is 0.0585. The largest absolute Gasteiger partial charge is 0.478 e. The summed E-state index contributed by atoms with van der Waals surface area (Å²) in [4.78, 5) is 41.1. The zero-order valence-electron chi connectivity index (χ0n) is 19.3. The lowest BCUT2D eigenvalue weighted by atomic mass is 10.1. The van der Waals surface area contributed by atoms with E-state index in [2.05, 4.69) is 15.6 Å². The Morgan fingerprint density at radius 2 is 1.63 bits per heavy atom. The van der Waals surface area contributed by atoms with Crippen LogP contribution in [0, 0.1) is 20.8 Å². The molecule has 1 heterocycles. The van der Waals surface area contributed by atoms with E-state index in [0.717, 1.165) is 36.9 Å². The van der Waals surface area contributed by atoms with Gasteiger partial charge in [-0.05, 0) is 62.2 Å². The highest BCUT2D eigenvalue weighted by molar-refractivity contribution is 8.01. The van der Waals surface area contributed by atoms with Crippen LogP contribution in [-0.4, -0.2) is 33.6 Å². The van der Waals surface area contributed by atoms with Crippen molar-refractivity contribution in [3.63, 3.8) is 0 Å². The Balaban J connectivity index is 1.42. The van der Waals surface area contributed by atoms with Gasteiger partial charge in [0.25, 0.3) is 5.91 Å². The maximum atomic E-state index is 12.6. The Hall–Kier alpha value is -3.69. The fraction of sp³-hybridized carbons (Fsp3) is 0.154.